The van der Waals surface area contributed by atoms with Gasteiger partial charge in [0.25, 0.3) is 0 Å². The molecule has 0 radical (unpaired) electrons. The molecule has 108 valence electrons. The highest BCUT2D eigenvalue weighted by molar-refractivity contribution is 5.93. The third kappa shape index (κ3) is 4.04. The molecule has 0 spiro atoms. The number of carbonyl (C=O) groups excluding carboxylic acids is 1. The maximum atomic E-state index is 12.4. The van der Waals surface area contributed by atoms with Gasteiger partial charge >= 0.3 is 0 Å². The molecule has 0 aliphatic rings. The minimum absolute atomic E-state index is 0.211. The van der Waals surface area contributed by atoms with Crippen molar-refractivity contribution < 1.29 is 9.90 Å². The molecular formula is C18H19NO2. The number of hydrogen-bond donors (Lipinski definition) is 2. The van der Waals surface area contributed by atoms with Gasteiger partial charge in [0.05, 0.1) is 12.0 Å². The van der Waals surface area contributed by atoms with Gasteiger partial charge in [-0.2, -0.15) is 0 Å². The molecule has 0 fully saturated rings. The standard InChI is InChI=1S/C18H19NO2/c1-2-9-16(17(20)14-10-5-3-6-11-14)18(21)19-15-12-7-4-8-13-15/h2-8,10-13,16-17,20H,1,9H2,(H,19,21)/t16-,17+/m1/s1. The van der Waals surface area contributed by atoms with E-state index in [0.29, 0.717) is 6.42 Å². The third-order valence-electron chi connectivity index (χ3n) is 3.32. The molecule has 1 amide bonds. The molecule has 0 saturated carbocycles. The molecule has 2 atom stereocenters. The van der Waals surface area contributed by atoms with Crippen LogP contribution in [0.15, 0.2) is 73.3 Å². The number of nitrogens with one attached hydrogen (secondary N) is 1. The van der Waals surface area contributed by atoms with Crippen molar-refractivity contribution >= 4 is 11.6 Å². The lowest BCUT2D eigenvalue weighted by atomic mass is 9.92. The number of rotatable bonds is 6. The van der Waals surface area contributed by atoms with Crippen molar-refractivity contribution in [2.24, 2.45) is 5.92 Å². The van der Waals surface area contributed by atoms with Gasteiger partial charge in [-0.15, -0.1) is 6.58 Å². The maximum absolute atomic E-state index is 12.4. The van der Waals surface area contributed by atoms with E-state index in [9.17, 15) is 9.90 Å². The van der Waals surface area contributed by atoms with Crippen LogP contribution in [0, 0.1) is 5.92 Å². The minimum atomic E-state index is -0.854. The third-order valence-corrected chi connectivity index (χ3v) is 3.32. The van der Waals surface area contributed by atoms with Crippen molar-refractivity contribution in [1.29, 1.82) is 0 Å². The van der Waals surface area contributed by atoms with Crippen molar-refractivity contribution in [3.8, 4) is 0 Å². The number of aliphatic hydroxyl groups is 1. The van der Waals surface area contributed by atoms with Gasteiger partial charge in [-0.1, -0.05) is 54.6 Å². The van der Waals surface area contributed by atoms with E-state index in [-0.39, 0.29) is 5.91 Å². The topological polar surface area (TPSA) is 49.3 Å². The van der Waals surface area contributed by atoms with Gasteiger partial charge in [0.15, 0.2) is 0 Å². The number of hydrogen-bond acceptors (Lipinski definition) is 2. The Morgan fingerprint density at radius 3 is 2.24 bits per heavy atom. The molecule has 0 unspecified atom stereocenters. The summed E-state index contributed by atoms with van der Waals surface area (Å²) in [7, 11) is 0. The fourth-order valence-electron chi connectivity index (χ4n) is 2.20. The van der Waals surface area contributed by atoms with Crippen LogP contribution >= 0.6 is 0 Å². The van der Waals surface area contributed by atoms with Gasteiger partial charge < -0.3 is 10.4 Å². The number of amides is 1. The van der Waals surface area contributed by atoms with Crippen molar-refractivity contribution in [3.05, 3.63) is 78.9 Å². The van der Waals surface area contributed by atoms with E-state index in [0.717, 1.165) is 11.3 Å². The number of anilines is 1. The Labute approximate surface area is 124 Å². The van der Waals surface area contributed by atoms with Crippen LogP contribution < -0.4 is 5.32 Å². The summed E-state index contributed by atoms with van der Waals surface area (Å²) in [6, 6.07) is 18.4. The van der Waals surface area contributed by atoms with E-state index in [1.807, 2.05) is 60.7 Å². The lowest BCUT2D eigenvalue weighted by Crippen LogP contribution is -2.28. The second-order valence-corrected chi connectivity index (χ2v) is 4.84. The molecule has 0 bridgehead atoms. The highest BCUT2D eigenvalue weighted by atomic mass is 16.3. The van der Waals surface area contributed by atoms with Crippen molar-refractivity contribution in [2.45, 2.75) is 12.5 Å². The number of carbonyl (C=O) groups is 1. The van der Waals surface area contributed by atoms with E-state index in [1.165, 1.54) is 0 Å². The molecular weight excluding hydrogens is 262 g/mol. The van der Waals surface area contributed by atoms with Crippen LogP contribution in [0.2, 0.25) is 0 Å². The zero-order chi connectivity index (χ0) is 15.1. The highest BCUT2D eigenvalue weighted by Gasteiger charge is 2.26. The van der Waals surface area contributed by atoms with Crippen LogP contribution in [0.1, 0.15) is 18.1 Å². The van der Waals surface area contributed by atoms with Gasteiger partial charge in [-0.25, -0.2) is 0 Å². The Morgan fingerprint density at radius 2 is 1.67 bits per heavy atom. The maximum Gasteiger partial charge on any atom is 0.230 e. The lowest BCUT2D eigenvalue weighted by Gasteiger charge is -2.21. The van der Waals surface area contributed by atoms with E-state index in [4.69, 9.17) is 0 Å². The highest BCUT2D eigenvalue weighted by Crippen LogP contribution is 2.26. The van der Waals surface area contributed by atoms with Crippen LogP contribution in [-0.2, 0) is 4.79 Å². The lowest BCUT2D eigenvalue weighted by molar-refractivity contribution is -0.123. The van der Waals surface area contributed by atoms with Gasteiger partial charge in [0.2, 0.25) is 5.91 Å². The van der Waals surface area contributed by atoms with Gasteiger partial charge in [-0.3, -0.25) is 4.79 Å². The fourth-order valence-corrected chi connectivity index (χ4v) is 2.20. The molecule has 2 aromatic carbocycles. The van der Waals surface area contributed by atoms with Crippen molar-refractivity contribution in [1.82, 2.24) is 0 Å². The number of allylic oxidation sites excluding steroid dienone is 1. The van der Waals surface area contributed by atoms with Crippen molar-refractivity contribution in [2.75, 3.05) is 5.32 Å². The van der Waals surface area contributed by atoms with E-state index < -0.39 is 12.0 Å². The Balaban J connectivity index is 2.14. The molecule has 0 aliphatic carbocycles. The van der Waals surface area contributed by atoms with E-state index in [1.54, 1.807) is 6.08 Å². The summed E-state index contributed by atoms with van der Waals surface area (Å²) in [6.07, 6.45) is 1.21. The summed E-state index contributed by atoms with van der Waals surface area (Å²) in [6.45, 7) is 3.67. The van der Waals surface area contributed by atoms with Crippen LogP contribution in [0.5, 0.6) is 0 Å². The number of aliphatic hydroxyl groups excluding tert-OH is 1. The first-order valence-corrected chi connectivity index (χ1v) is 6.92. The Bertz CT molecular complexity index is 581. The Hall–Kier alpha value is -2.39. The van der Waals surface area contributed by atoms with Crippen LogP contribution in [0.4, 0.5) is 5.69 Å². The molecule has 0 aromatic heterocycles. The summed E-state index contributed by atoms with van der Waals surface area (Å²) in [5, 5.41) is 13.3. The first-order chi connectivity index (χ1) is 10.2. The predicted octanol–water partition coefficient (Wildman–Crippen LogP) is 3.55. The normalized spacial score (nSPS) is 13.2. The smallest absolute Gasteiger partial charge is 0.230 e. The summed E-state index contributed by atoms with van der Waals surface area (Å²) < 4.78 is 0. The van der Waals surface area contributed by atoms with Gasteiger partial charge in [0, 0.05) is 5.69 Å². The molecule has 0 heterocycles. The molecule has 0 aliphatic heterocycles. The molecule has 3 nitrogen and oxygen atoms in total. The second-order valence-electron chi connectivity index (χ2n) is 4.84. The summed E-state index contributed by atoms with van der Waals surface area (Å²) in [5.41, 5.74) is 1.45. The number of benzene rings is 2. The molecule has 2 N–H and O–H groups in total. The summed E-state index contributed by atoms with van der Waals surface area (Å²) >= 11 is 0. The summed E-state index contributed by atoms with van der Waals surface area (Å²) in [4.78, 5) is 12.4. The van der Waals surface area contributed by atoms with E-state index in [2.05, 4.69) is 11.9 Å². The minimum Gasteiger partial charge on any atom is -0.388 e. The first-order valence-electron chi connectivity index (χ1n) is 6.92. The first kappa shape index (κ1) is 15.0. The van der Waals surface area contributed by atoms with Gasteiger partial charge in [-0.05, 0) is 24.1 Å². The van der Waals surface area contributed by atoms with Gasteiger partial charge in [0.1, 0.15) is 0 Å². The average molecular weight is 281 g/mol. The average Bonchev–Trinajstić information content (AvgIpc) is 2.53. The summed E-state index contributed by atoms with van der Waals surface area (Å²) in [5.74, 6) is -0.775. The molecule has 2 rings (SSSR count). The van der Waals surface area contributed by atoms with Crippen LogP contribution in [0.25, 0.3) is 0 Å². The molecule has 21 heavy (non-hydrogen) atoms. The molecule has 3 heteroatoms. The van der Waals surface area contributed by atoms with E-state index >= 15 is 0 Å². The van der Waals surface area contributed by atoms with Crippen LogP contribution in [0.3, 0.4) is 0 Å². The molecule has 0 saturated heterocycles. The number of para-hydroxylation sites is 1. The molecule has 2 aromatic rings. The Morgan fingerprint density at radius 1 is 1.10 bits per heavy atom. The zero-order valence-electron chi connectivity index (χ0n) is 11.8. The SMILES string of the molecule is C=CC[C@@H](C(=O)Nc1ccccc1)[C@@H](O)c1ccccc1. The largest absolute Gasteiger partial charge is 0.388 e. The van der Waals surface area contributed by atoms with Crippen LogP contribution in [-0.4, -0.2) is 11.0 Å². The zero-order valence-corrected chi connectivity index (χ0v) is 11.8. The quantitative estimate of drug-likeness (QED) is 0.795. The Kier molecular flexibility index (Phi) is 5.29. The van der Waals surface area contributed by atoms with Crippen molar-refractivity contribution in [3.63, 3.8) is 0 Å². The fraction of sp³-hybridized carbons (Fsp3) is 0.167. The predicted molar refractivity (Wildman–Crippen MR) is 84.8 cm³/mol. The second kappa shape index (κ2) is 7.41. The monoisotopic (exact) mass is 281 g/mol.